The molecule has 0 amide bonds. The third-order valence-electron chi connectivity index (χ3n) is 9.06. The Labute approximate surface area is 165 Å². The van der Waals surface area contributed by atoms with E-state index in [9.17, 15) is 4.79 Å². The third-order valence-corrected chi connectivity index (χ3v) is 9.06. The van der Waals surface area contributed by atoms with Crippen LogP contribution in [0.4, 0.5) is 0 Å². The highest BCUT2D eigenvalue weighted by Gasteiger charge is 2.59. The van der Waals surface area contributed by atoms with Gasteiger partial charge >= 0.3 is 0 Å². The van der Waals surface area contributed by atoms with Crippen LogP contribution in [0.3, 0.4) is 0 Å². The molecule has 0 aliphatic heterocycles. The van der Waals surface area contributed by atoms with Gasteiger partial charge in [-0.2, -0.15) is 0 Å². The molecule has 0 heterocycles. The number of hydrogen-bond donors (Lipinski definition) is 0. The molecule has 6 unspecified atom stereocenters. The molecule has 148 valence electrons. The van der Waals surface area contributed by atoms with Crippen LogP contribution in [0.2, 0.25) is 0 Å². The molecule has 3 saturated carbocycles. The first-order chi connectivity index (χ1) is 12.8. The predicted molar refractivity (Wildman–Crippen MR) is 113 cm³/mol. The first-order valence-corrected chi connectivity index (χ1v) is 11.1. The quantitative estimate of drug-likeness (QED) is 0.433. The lowest BCUT2D eigenvalue weighted by atomic mass is 9.46. The number of allylic oxidation sites excluding steroid dienone is 1. The van der Waals surface area contributed by atoms with Crippen LogP contribution in [-0.4, -0.2) is 18.0 Å². The van der Waals surface area contributed by atoms with Gasteiger partial charge in [-0.05, 0) is 93.5 Å². The summed E-state index contributed by atoms with van der Waals surface area (Å²) in [5.41, 5.74) is 4.72. The fourth-order valence-electron chi connectivity index (χ4n) is 7.62. The Morgan fingerprint density at radius 1 is 1.11 bits per heavy atom. The van der Waals surface area contributed by atoms with E-state index >= 15 is 0 Å². The summed E-state index contributed by atoms with van der Waals surface area (Å²) in [6.45, 7) is 14.2. The Kier molecular flexibility index (Phi) is 4.76. The smallest absolute Gasteiger partial charge is 0.155 e. The van der Waals surface area contributed by atoms with Gasteiger partial charge in [0.15, 0.2) is 5.78 Å². The maximum Gasteiger partial charge on any atom is 0.155 e. The number of fused-ring (bicyclic) bond motifs is 5. The van der Waals surface area contributed by atoms with E-state index in [2.05, 4.69) is 34.3 Å². The second kappa shape index (κ2) is 6.71. The topological polar surface area (TPSA) is 29.4 Å². The van der Waals surface area contributed by atoms with Crippen LogP contribution in [0.1, 0.15) is 79.1 Å². The van der Waals surface area contributed by atoms with Crippen molar-refractivity contribution in [2.45, 2.75) is 79.1 Å². The molecule has 2 heteroatoms. The Bertz CT molecular complexity index is 716. The van der Waals surface area contributed by atoms with Crippen LogP contribution in [0.25, 0.3) is 0 Å². The van der Waals surface area contributed by atoms with E-state index in [1.54, 1.807) is 0 Å². The summed E-state index contributed by atoms with van der Waals surface area (Å²) >= 11 is 0. The summed E-state index contributed by atoms with van der Waals surface area (Å²) in [4.78, 5) is 16.9. The van der Waals surface area contributed by atoms with Gasteiger partial charge in [0.05, 0.1) is 6.54 Å². The molecule has 27 heavy (non-hydrogen) atoms. The molecule has 4 aliphatic carbocycles. The Balaban J connectivity index is 1.59. The maximum atomic E-state index is 12.0. The number of carbonyl (C=O) groups is 1. The first-order valence-electron chi connectivity index (χ1n) is 11.1. The molecule has 3 fully saturated rings. The van der Waals surface area contributed by atoms with Crippen LogP contribution in [0.15, 0.2) is 28.8 Å². The SMILES string of the molecule is C=C(C)CN=C(C)C1CCC2C3CCC4=CC(=O)CCC4(C)C3CCC12C. The predicted octanol–water partition coefficient (Wildman–Crippen LogP) is 6.17. The van der Waals surface area contributed by atoms with E-state index in [1.807, 2.05) is 6.08 Å². The molecule has 0 bridgehead atoms. The van der Waals surface area contributed by atoms with Gasteiger partial charge in [0.1, 0.15) is 0 Å². The van der Waals surface area contributed by atoms with Crippen molar-refractivity contribution in [3.8, 4) is 0 Å². The van der Waals surface area contributed by atoms with E-state index < -0.39 is 0 Å². The average molecular weight is 368 g/mol. The van der Waals surface area contributed by atoms with Crippen LogP contribution in [0, 0.1) is 34.5 Å². The minimum absolute atomic E-state index is 0.291. The monoisotopic (exact) mass is 367 g/mol. The second-order valence-electron chi connectivity index (χ2n) is 10.6. The molecule has 0 aromatic carbocycles. The van der Waals surface area contributed by atoms with Gasteiger partial charge in [0.2, 0.25) is 0 Å². The van der Waals surface area contributed by atoms with Gasteiger partial charge in [-0.15, -0.1) is 0 Å². The molecular weight excluding hydrogens is 330 g/mol. The van der Waals surface area contributed by atoms with Gasteiger partial charge in [-0.1, -0.05) is 31.6 Å². The number of aliphatic imine (C=N–C) groups is 1. The summed E-state index contributed by atoms with van der Waals surface area (Å²) in [6, 6.07) is 0. The molecule has 6 atom stereocenters. The van der Waals surface area contributed by atoms with E-state index in [4.69, 9.17) is 4.99 Å². The van der Waals surface area contributed by atoms with Crippen molar-refractivity contribution in [2.75, 3.05) is 6.54 Å². The van der Waals surface area contributed by atoms with Gasteiger partial charge in [0, 0.05) is 18.1 Å². The van der Waals surface area contributed by atoms with Crippen LogP contribution < -0.4 is 0 Å². The molecule has 4 rings (SSSR count). The highest BCUT2D eigenvalue weighted by molar-refractivity contribution is 5.91. The number of ketones is 1. The van der Waals surface area contributed by atoms with E-state index in [0.29, 0.717) is 22.5 Å². The minimum Gasteiger partial charge on any atom is -0.295 e. The second-order valence-corrected chi connectivity index (χ2v) is 10.6. The number of carbonyl (C=O) groups excluding carboxylic acids is 1. The van der Waals surface area contributed by atoms with Crippen LogP contribution >= 0.6 is 0 Å². The lowest BCUT2D eigenvalue weighted by molar-refractivity contribution is -0.117. The van der Waals surface area contributed by atoms with Crippen molar-refractivity contribution in [3.63, 3.8) is 0 Å². The molecule has 0 aromatic rings. The molecule has 2 nitrogen and oxygen atoms in total. The van der Waals surface area contributed by atoms with Crippen molar-refractivity contribution in [2.24, 2.45) is 39.5 Å². The first kappa shape index (κ1) is 19.2. The van der Waals surface area contributed by atoms with Crippen molar-refractivity contribution in [3.05, 3.63) is 23.8 Å². The number of hydrogen-bond acceptors (Lipinski definition) is 2. The van der Waals surface area contributed by atoms with E-state index in [1.165, 1.54) is 43.4 Å². The summed E-state index contributed by atoms with van der Waals surface area (Å²) in [6.07, 6.45) is 11.7. The van der Waals surface area contributed by atoms with Crippen molar-refractivity contribution in [1.29, 1.82) is 0 Å². The highest BCUT2D eigenvalue weighted by Crippen LogP contribution is 2.66. The standard InChI is InChI=1S/C25H37NO/c1-16(2)15-26-17(3)21-8-9-22-20-7-6-18-14-19(27)10-12-24(18,4)23(20)11-13-25(21,22)5/h14,20-23H,1,6-13,15H2,2-5H3. The molecular formula is C25H37NO. The normalized spacial score (nSPS) is 44.2. The third kappa shape index (κ3) is 2.98. The summed E-state index contributed by atoms with van der Waals surface area (Å²) in [5, 5.41) is 0. The van der Waals surface area contributed by atoms with Gasteiger partial charge in [-0.3, -0.25) is 9.79 Å². The minimum atomic E-state index is 0.291. The zero-order valence-corrected chi connectivity index (χ0v) is 17.8. The maximum absolute atomic E-state index is 12.0. The highest BCUT2D eigenvalue weighted by atomic mass is 16.1. The molecule has 4 aliphatic rings. The number of rotatable bonds is 3. The van der Waals surface area contributed by atoms with Crippen molar-refractivity contribution < 1.29 is 4.79 Å². The van der Waals surface area contributed by atoms with Crippen molar-refractivity contribution in [1.82, 2.24) is 0 Å². The van der Waals surface area contributed by atoms with Crippen molar-refractivity contribution >= 4 is 11.5 Å². The fraction of sp³-hybridized carbons (Fsp3) is 0.760. The lowest BCUT2D eigenvalue weighted by Crippen LogP contribution is -2.51. The van der Waals surface area contributed by atoms with Crippen LogP contribution in [-0.2, 0) is 4.79 Å². The average Bonchev–Trinajstić information content (AvgIpc) is 2.97. The Hall–Kier alpha value is -1.18. The zero-order valence-electron chi connectivity index (χ0n) is 17.8. The molecule has 0 spiro atoms. The Morgan fingerprint density at radius 2 is 1.89 bits per heavy atom. The summed E-state index contributed by atoms with van der Waals surface area (Å²) in [7, 11) is 0. The lowest BCUT2D eigenvalue weighted by Gasteiger charge is -2.58. The Morgan fingerprint density at radius 3 is 2.63 bits per heavy atom. The molecule has 0 N–H and O–H groups in total. The van der Waals surface area contributed by atoms with Gasteiger partial charge in [0.25, 0.3) is 0 Å². The zero-order chi connectivity index (χ0) is 19.4. The van der Waals surface area contributed by atoms with E-state index in [-0.39, 0.29) is 0 Å². The largest absolute Gasteiger partial charge is 0.295 e. The molecule has 0 aromatic heterocycles. The van der Waals surface area contributed by atoms with Crippen LogP contribution in [0.5, 0.6) is 0 Å². The molecule has 0 radical (unpaired) electrons. The molecule has 0 saturated heterocycles. The van der Waals surface area contributed by atoms with Gasteiger partial charge in [-0.25, -0.2) is 0 Å². The fourth-order valence-corrected chi connectivity index (χ4v) is 7.62. The number of nitrogens with zero attached hydrogens (tertiary/aromatic N) is 1. The summed E-state index contributed by atoms with van der Waals surface area (Å²) < 4.78 is 0. The summed E-state index contributed by atoms with van der Waals surface area (Å²) in [5.74, 6) is 3.49. The van der Waals surface area contributed by atoms with Gasteiger partial charge < -0.3 is 0 Å². The van der Waals surface area contributed by atoms with E-state index in [0.717, 1.165) is 49.1 Å².